The van der Waals surface area contributed by atoms with Crippen molar-refractivity contribution in [3.05, 3.63) is 72.2 Å². The predicted molar refractivity (Wildman–Crippen MR) is 94.3 cm³/mol. The van der Waals surface area contributed by atoms with E-state index in [4.69, 9.17) is 5.73 Å². The van der Waals surface area contributed by atoms with E-state index in [-0.39, 0.29) is 17.8 Å². The molecule has 3 aromatic heterocycles. The smallest absolute Gasteiger partial charge is 0.180 e. The van der Waals surface area contributed by atoms with Crippen molar-refractivity contribution in [3.8, 4) is 11.5 Å². The number of nitrogen functional groups attached to an aromatic ring is 1. The number of anilines is 2. The molecule has 3 heterocycles. The summed E-state index contributed by atoms with van der Waals surface area (Å²) in [6.45, 7) is -0.0910. The van der Waals surface area contributed by atoms with E-state index in [2.05, 4.69) is 20.3 Å². The molecule has 0 saturated carbocycles. The maximum atomic E-state index is 13.8. The molecule has 0 aliphatic rings. The van der Waals surface area contributed by atoms with Gasteiger partial charge in [-0.15, -0.1) is 0 Å². The number of nitrogens with one attached hydrogen (secondary N) is 1. The number of nitrogens with zero attached hydrogens (tertiary/aromatic N) is 4. The molecule has 0 spiro atoms. The van der Waals surface area contributed by atoms with Crippen molar-refractivity contribution in [1.82, 2.24) is 19.4 Å². The highest BCUT2D eigenvalue weighted by Crippen LogP contribution is 2.23. The van der Waals surface area contributed by atoms with Gasteiger partial charge in [0.2, 0.25) is 0 Å². The highest BCUT2D eigenvalue weighted by atomic mass is 19.1. The van der Waals surface area contributed by atoms with E-state index in [1.807, 2.05) is 28.8 Å². The summed E-state index contributed by atoms with van der Waals surface area (Å²) < 4.78 is 29.4. The maximum absolute atomic E-state index is 13.8. The Kier molecular flexibility index (Phi) is 3.92. The number of imidazole rings is 1. The summed E-state index contributed by atoms with van der Waals surface area (Å²) in [5.74, 6) is -0.572. The van der Waals surface area contributed by atoms with Crippen molar-refractivity contribution in [2.45, 2.75) is 6.54 Å². The minimum Gasteiger partial charge on any atom is -0.394 e. The van der Waals surface area contributed by atoms with Crippen molar-refractivity contribution in [2.75, 3.05) is 11.1 Å². The molecule has 0 amide bonds. The van der Waals surface area contributed by atoms with E-state index in [1.54, 1.807) is 6.20 Å². The molecule has 4 aromatic rings. The lowest BCUT2D eigenvalue weighted by molar-refractivity contribution is 0.560. The quantitative estimate of drug-likeness (QED) is 0.589. The molecule has 4 rings (SSSR count). The van der Waals surface area contributed by atoms with Crippen LogP contribution in [-0.4, -0.2) is 19.4 Å². The van der Waals surface area contributed by atoms with E-state index < -0.39 is 11.6 Å². The van der Waals surface area contributed by atoms with Crippen LogP contribution in [0.1, 0.15) is 5.56 Å². The van der Waals surface area contributed by atoms with Gasteiger partial charge in [-0.05, 0) is 24.3 Å². The number of halogens is 2. The first-order valence-electron chi connectivity index (χ1n) is 7.85. The van der Waals surface area contributed by atoms with Crippen LogP contribution in [0.4, 0.5) is 20.3 Å². The molecular weight excluding hydrogens is 338 g/mol. The molecule has 130 valence electrons. The van der Waals surface area contributed by atoms with Gasteiger partial charge in [0.1, 0.15) is 23.0 Å². The number of fused-ring (bicyclic) bond motifs is 1. The second kappa shape index (κ2) is 6.40. The minimum absolute atomic E-state index is 0.0816. The third-order valence-corrected chi connectivity index (χ3v) is 3.96. The third-order valence-electron chi connectivity index (χ3n) is 3.96. The zero-order valence-electron chi connectivity index (χ0n) is 13.5. The first-order valence-corrected chi connectivity index (χ1v) is 7.85. The number of pyridine rings is 1. The summed E-state index contributed by atoms with van der Waals surface area (Å²) in [7, 11) is 0. The number of rotatable bonds is 4. The van der Waals surface area contributed by atoms with Crippen LogP contribution in [0.2, 0.25) is 0 Å². The molecule has 1 aromatic carbocycles. The average molecular weight is 352 g/mol. The Morgan fingerprint density at radius 3 is 2.62 bits per heavy atom. The molecule has 0 fully saturated rings. The van der Waals surface area contributed by atoms with Gasteiger partial charge in [0.25, 0.3) is 0 Å². The fraction of sp³-hybridized carbons (Fsp3) is 0.0556. The van der Waals surface area contributed by atoms with Crippen LogP contribution in [-0.2, 0) is 6.54 Å². The molecule has 3 N–H and O–H groups in total. The lowest BCUT2D eigenvalue weighted by atomic mass is 10.2. The van der Waals surface area contributed by atoms with Crippen LogP contribution in [0.5, 0.6) is 0 Å². The summed E-state index contributed by atoms with van der Waals surface area (Å²) >= 11 is 0. The molecule has 0 bridgehead atoms. The summed E-state index contributed by atoms with van der Waals surface area (Å²) in [5.41, 5.74) is 7.53. The average Bonchev–Trinajstić information content (AvgIpc) is 3.07. The number of nitrogens with two attached hydrogens (primary N) is 1. The Morgan fingerprint density at radius 2 is 1.81 bits per heavy atom. The van der Waals surface area contributed by atoms with Gasteiger partial charge in [-0.1, -0.05) is 12.1 Å². The SMILES string of the molecule is Nc1cnc(-c2cnc3ccccn23)nc1NCc1c(F)cccc1F. The first-order chi connectivity index (χ1) is 12.6. The molecule has 0 atom stereocenters. The van der Waals surface area contributed by atoms with Gasteiger partial charge in [0, 0.05) is 18.3 Å². The highest BCUT2D eigenvalue weighted by Gasteiger charge is 2.13. The van der Waals surface area contributed by atoms with Crippen molar-refractivity contribution in [1.29, 1.82) is 0 Å². The number of aromatic nitrogens is 4. The lowest BCUT2D eigenvalue weighted by Crippen LogP contribution is -2.09. The molecule has 0 aliphatic carbocycles. The summed E-state index contributed by atoms with van der Waals surface area (Å²) in [4.78, 5) is 12.9. The van der Waals surface area contributed by atoms with Crippen molar-refractivity contribution < 1.29 is 8.78 Å². The largest absolute Gasteiger partial charge is 0.394 e. The van der Waals surface area contributed by atoms with E-state index in [0.29, 0.717) is 17.3 Å². The van der Waals surface area contributed by atoms with Gasteiger partial charge in [-0.2, -0.15) is 0 Å². The van der Waals surface area contributed by atoms with Crippen molar-refractivity contribution in [3.63, 3.8) is 0 Å². The van der Waals surface area contributed by atoms with Gasteiger partial charge in [0.15, 0.2) is 11.6 Å². The van der Waals surface area contributed by atoms with Crippen LogP contribution in [0, 0.1) is 11.6 Å². The zero-order chi connectivity index (χ0) is 18.1. The van der Waals surface area contributed by atoms with Crippen LogP contribution in [0.25, 0.3) is 17.2 Å². The number of hydrogen-bond acceptors (Lipinski definition) is 5. The monoisotopic (exact) mass is 352 g/mol. The fourth-order valence-electron chi connectivity index (χ4n) is 2.63. The van der Waals surface area contributed by atoms with Crippen molar-refractivity contribution in [2.24, 2.45) is 0 Å². The van der Waals surface area contributed by atoms with Crippen LogP contribution < -0.4 is 11.1 Å². The summed E-state index contributed by atoms with van der Waals surface area (Å²) in [6.07, 6.45) is 4.95. The van der Waals surface area contributed by atoms with Gasteiger partial charge in [-0.3, -0.25) is 4.40 Å². The normalized spacial score (nSPS) is 11.0. The van der Waals surface area contributed by atoms with E-state index in [0.717, 1.165) is 5.65 Å². The van der Waals surface area contributed by atoms with E-state index in [1.165, 1.54) is 24.4 Å². The Labute approximate surface area is 147 Å². The molecule has 0 unspecified atom stereocenters. The second-order valence-electron chi connectivity index (χ2n) is 5.62. The summed E-state index contributed by atoms with van der Waals surface area (Å²) in [5, 5.41) is 2.88. The van der Waals surface area contributed by atoms with Gasteiger partial charge >= 0.3 is 0 Å². The van der Waals surface area contributed by atoms with Gasteiger partial charge in [-0.25, -0.2) is 23.7 Å². The molecule has 26 heavy (non-hydrogen) atoms. The minimum atomic E-state index is -0.632. The first kappa shape index (κ1) is 15.9. The Morgan fingerprint density at radius 1 is 1.00 bits per heavy atom. The Bertz CT molecular complexity index is 1070. The molecule has 8 heteroatoms. The van der Waals surface area contributed by atoms with Crippen LogP contribution in [0.3, 0.4) is 0 Å². The predicted octanol–water partition coefficient (Wildman–Crippen LogP) is 3.26. The van der Waals surface area contributed by atoms with Crippen molar-refractivity contribution >= 4 is 17.2 Å². The topological polar surface area (TPSA) is 81.1 Å². The molecule has 6 nitrogen and oxygen atoms in total. The lowest BCUT2D eigenvalue weighted by Gasteiger charge is -2.11. The number of benzene rings is 1. The Hall–Kier alpha value is -3.55. The maximum Gasteiger partial charge on any atom is 0.180 e. The second-order valence-corrected chi connectivity index (χ2v) is 5.62. The van der Waals surface area contributed by atoms with Gasteiger partial charge in [0.05, 0.1) is 18.1 Å². The molecule has 0 radical (unpaired) electrons. The summed E-state index contributed by atoms with van der Waals surface area (Å²) in [6, 6.07) is 9.33. The number of hydrogen-bond donors (Lipinski definition) is 2. The standard InChI is InChI=1S/C18H14F2N6/c19-12-4-3-5-13(20)11(12)8-23-17-14(21)9-24-18(25-17)15-10-22-16-6-1-2-7-26(15)16/h1-7,9-10H,8,21H2,(H,23,24,25). The molecule has 0 saturated heterocycles. The third kappa shape index (κ3) is 2.81. The Balaban J connectivity index is 1.67. The van der Waals surface area contributed by atoms with Crippen LogP contribution >= 0.6 is 0 Å². The van der Waals surface area contributed by atoms with Crippen LogP contribution in [0.15, 0.2) is 55.0 Å². The highest BCUT2D eigenvalue weighted by molar-refractivity contribution is 5.65. The van der Waals surface area contributed by atoms with E-state index >= 15 is 0 Å². The zero-order valence-corrected chi connectivity index (χ0v) is 13.5. The fourth-order valence-corrected chi connectivity index (χ4v) is 2.63. The van der Waals surface area contributed by atoms with Gasteiger partial charge < -0.3 is 11.1 Å². The molecular formula is C18H14F2N6. The van der Waals surface area contributed by atoms with E-state index in [9.17, 15) is 8.78 Å². The molecule has 0 aliphatic heterocycles.